The maximum Gasteiger partial charge on any atom is 0.295 e. The van der Waals surface area contributed by atoms with E-state index >= 15 is 0 Å². The number of hydrogen-bond acceptors (Lipinski definition) is 5. The van der Waals surface area contributed by atoms with Crippen molar-refractivity contribution in [1.82, 2.24) is 0 Å². The monoisotopic (exact) mass is 273 g/mol. The molecule has 1 aliphatic heterocycles. The molecule has 0 unspecified atom stereocenters. The SMILES string of the molecule is Cc1c(S(=O)(=O)O)ccc([C@]2(C)CO2)c1[N+](=O)[O-]. The first kappa shape index (κ1) is 12.9. The zero-order valence-corrected chi connectivity index (χ0v) is 10.5. The Morgan fingerprint density at radius 1 is 1.50 bits per heavy atom. The van der Waals surface area contributed by atoms with Crippen molar-refractivity contribution in [2.75, 3.05) is 6.61 Å². The number of rotatable bonds is 3. The van der Waals surface area contributed by atoms with E-state index in [4.69, 9.17) is 9.29 Å². The number of hydrogen-bond donors (Lipinski definition) is 1. The van der Waals surface area contributed by atoms with Crippen molar-refractivity contribution in [1.29, 1.82) is 0 Å². The molecule has 2 rings (SSSR count). The summed E-state index contributed by atoms with van der Waals surface area (Å²) >= 11 is 0. The molecule has 0 saturated carbocycles. The van der Waals surface area contributed by atoms with Crippen LogP contribution >= 0.6 is 0 Å². The van der Waals surface area contributed by atoms with E-state index < -0.39 is 25.5 Å². The summed E-state index contributed by atoms with van der Waals surface area (Å²) in [5.74, 6) is 0. The number of ether oxygens (including phenoxy) is 1. The highest BCUT2D eigenvalue weighted by Crippen LogP contribution is 2.44. The zero-order valence-electron chi connectivity index (χ0n) is 9.71. The van der Waals surface area contributed by atoms with Crippen molar-refractivity contribution < 1.29 is 22.6 Å². The second-order valence-corrected chi connectivity index (χ2v) is 5.73. The maximum absolute atomic E-state index is 11.1. The van der Waals surface area contributed by atoms with Gasteiger partial charge >= 0.3 is 0 Å². The van der Waals surface area contributed by atoms with Gasteiger partial charge in [0.2, 0.25) is 0 Å². The fourth-order valence-electron chi connectivity index (χ4n) is 1.89. The smallest absolute Gasteiger partial charge is 0.295 e. The highest BCUT2D eigenvalue weighted by atomic mass is 32.2. The highest BCUT2D eigenvalue weighted by Gasteiger charge is 2.46. The fraction of sp³-hybridized carbons (Fsp3) is 0.400. The molecule has 0 spiro atoms. The molecule has 1 atom stereocenters. The van der Waals surface area contributed by atoms with Crippen LogP contribution in [0.5, 0.6) is 0 Å². The summed E-state index contributed by atoms with van der Waals surface area (Å²) in [5, 5.41) is 11.1. The molecule has 98 valence electrons. The Labute approximate surface area is 103 Å². The average molecular weight is 273 g/mol. The molecule has 1 aromatic carbocycles. The van der Waals surface area contributed by atoms with Crippen LogP contribution in [0.4, 0.5) is 5.69 Å². The summed E-state index contributed by atoms with van der Waals surface area (Å²) in [6.07, 6.45) is 0. The fourth-order valence-corrected chi connectivity index (χ4v) is 2.61. The van der Waals surface area contributed by atoms with Crippen LogP contribution in [0.15, 0.2) is 17.0 Å². The van der Waals surface area contributed by atoms with Gasteiger partial charge in [0.15, 0.2) is 0 Å². The lowest BCUT2D eigenvalue weighted by molar-refractivity contribution is -0.386. The number of epoxide rings is 1. The Morgan fingerprint density at radius 3 is 2.44 bits per heavy atom. The molecule has 1 fully saturated rings. The van der Waals surface area contributed by atoms with E-state index in [1.807, 2.05) is 0 Å². The molecule has 1 N–H and O–H groups in total. The van der Waals surface area contributed by atoms with Crippen LogP contribution in [-0.4, -0.2) is 24.5 Å². The Morgan fingerprint density at radius 2 is 2.06 bits per heavy atom. The predicted octanol–water partition coefficient (Wildman–Crippen LogP) is 1.40. The molecule has 0 aromatic heterocycles. The summed E-state index contributed by atoms with van der Waals surface area (Å²) in [7, 11) is -4.48. The second kappa shape index (κ2) is 3.74. The van der Waals surface area contributed by atoms with Crippen LogP contribution < -0.4 is 0 Å². The molecule has 0 amide bonds. The molecule has 1 heterocycles. The van der Waals surface area contributed by atoms with E-state index in [2.05, 4.69) is 0 Å². The van der Waals surface area contributed by atoms with Gasteiger partial charge in [-0.05, 0) is 26.0 Å². The number of nitro groups is 1. The van der Waals surface area contributed by atoms with Gasteiger partial charge < -0.3 is 4.74 Å². The van der Waals surface area contributed by atoms with Crippen LogP contribution in [0.3, 0.4) is 0 Å². The lowest BCUT2D eigenvalue weighted by Gasteiger charge is -2.10. The van der Waals surface area contributed by atoms with E-state index in [-0.39, 0.29) is 11.3 Å². The molecule has 7 nitrogen and oxygen atoms in total. The predicted molar refractivity (Wildman–Crippen MR) is 61.0 cm³/mol. The third-order valence-electron chi connectivity index (χ3n) is 2.99. The minimum absolute atomic E-state index is 0.0864. The van der Waals surface area contributed by atoms with E-state index in [0.29, 0.717) is 12.2 Å². The molecule has 0 bridgehead atoms. The Bertz CT molecular complexity index is 632. The summed E-state index contributed by atoms with van der Waals surface area (Å²) in [5.41, 5.74) is -0.843. The van der Waals surface area contributed by atoms with Gasteiger partial charge in [-0.15, -0.1) is 0 Å². The lowest BCUT2D eigenvalue weighted by atomic mass is 9.97. The number of nitro benzene ring substituents is 1. The molecule has 8 heteroatoms. The molecular weight excluding hydrogens is 262 g/mol. The molecule has 1 aromatic rings. The van der Waals surface area contributed by atoms with Crippen molar-refractivity contribution in [2.24, 2.45) is 0 Å². The van der Waals surface area contributed by atoms with E-state index in [0.717, 1.165) is 6.07 Å². The standard InChI is InChI=1S/C10H11NO6S/c1-6-8(18(14,15)16)4-3-7(9(6)11(12)13)10(2)5-17-10/h3-4H,5H2,1-2H3,(H,14,15,16)/t10-/m0/s1. The van der Waals surface area contributed by atoms with E-state index in [1.54, 1.807) is 6.92 Å². The van der Waals surface area contributed by atoms with Gasteiger partial charge in [-0.2, -0.15) is 8.42 Å². The summed E-state index contributed by atoms with van der Waals surface area (Å²) in [6, 6.07) is 2.46. The Balaban J connectivity index is 2.74. The van der Waals surface area contributed by atoms with Crippen LogP contribution in [-0.2, 0) is 20.5 Å². The van der Waals surface area contributed by atoms with Gasteiger partial charge in [0.25, 0.3) is 15.8 Å². The molecule has 18 heavy (non-hydrogen) atoms. The first-order valence-electron chi connectivity index (χ1n) is 5.07. The molecule has 1 saturated heterocycles. The Hall–Kier alpha value is -1.51. The minimum atomic E-state index is -4.48. The van der Waals surface area contributed by atoms with E-state index in [9.17, 15) is 18.5 Å². The van der Waals surface area contributed by atoms with Gasteiger partial charge in [-0.1, -0.05) is 0 Å². The second-order valence-electron chi connectivity index (χ2n) is 4.34. The molecule has 0 radical (unpaired) electrons. The normalized spacial score (nSPS) is 22.8. The van der Waals surface area contributed by atoms with Crippen molar-refractivity contribution in [3.63, 3.8) is 0 Å². The third kappa shape index (κ3) is 1.98. The minimum Gasteiger partial charge on any atom is -0.365 e. The van der Waals surface area contributed by atoms with Crippen LogP contribution in [0.1, 0.15) is 18.1 Å². The largest absolute Gasteiger partial charge is 0.365 e. The van der Waals surface area contributed by atoms with Crippen molar-refractivity contribution in [3.8, 4) is 0 Å². The number of benzene rings is 1. The number of nitrogens with zero attached hydrogens (tertiary/aromatic N) is 1. The van der Waals surface area contributed by atoms with Gasteiger partial charge in [-0.25, -0.2) is 0 Å². The van der Waals surface area contributed by atoms with Gasteiger partial charge in [0.05, 0.1) is 17.1 Å². The van der Waals surface area contributed by atoms with Crippen molar-refractivity contribution in [3.05, 3.63) is 33.4 Å². The van der Waals surface area contributed by atoms with Gasteiger partial charge in [-0.3, -0.25) is 14.7 Å². The third-order valence-corrected chi connectivity index (χ3v) is 3.99. The van der Waals surface area contributed by atoms with Crippen molar-refractivity contribution >= 4 is 15.8 Å². The highest BCUT2D eigenvalue weighted by molar-refractivity contribution is 7.85. The van der Waals surface area contributed by atoms with E-state index in [1.165, 1.54) is 13.0 Å². The molecular formula is C10H11NO6S. The first-order chi connectivity index (χ1) is 8.17. The van der Waals surface area contributed by atoms with Gasteiger partial charge in [0, 0.05) is 5.56 Å². The van der Waals surface area contributed by atoms with Crippen molar-refractivity contribution in [2.45, 2.75) is 24.3 Å². The van der Waals surface area contributed by atoms with Crippen LogP contribution in [0.25, 0.3) is 0 Å². The summed E-state index contributed by atoms with van der Waals surface area (Å²) < 4.78 is 36.4. The topological polar surface area (TPSA) is 110 Å². The lowest BCUT2D eigenvalue weighted by Crippen LogP contribution is -2.11. The average Bonchev–Trinajstić information content (AvgIpc) is 2.94. The summed E-state index contributed by atoms with van der Waals surface area (Å²) in [6.45, 7) is 3.32. The first-order valence-corrected chi connectivity index (χ1v) is 6.51. The van der Waals surface area contributed by atoms with Gasteiger partial charge in [0.1, 0.15) is 10.5 Å². The molecule has 1 aliphatic rings. The summed E-state index contributed by atoms with van der Waals surface area (Å²) in [4.78, 5) is 9.95. The van der Waals surface area contributed by atoms with Crippen LogP contribution in [0, 0.1) is 17.0 Å². The Kier molecular flexibility index (Phi) is 2.69. The molecule has 0 aliphatic carbocycles. The maximum atomic E-state index is 11.1. The quantitative estimate of drug-likeness (QED) is 0.385. The van der Waals surface area contributed by atoms with Crippen LogP contribution in [0.2, 0.25) is 0 Å². The zero-order chi connectivity index (χ0) is 13.7.